The highest BCUT2D eigenvalue weighted by Gasteiger charge is 2.12. The molecule has 3 rings (SSSR count). The third kappa shape index (κ3) is 2.62. The highest BCUT2D eigenvalue weighted by Crippen LogP contribution is 2.26. The average Bonchev–Trinajstić information content (AvgIpc) is 2.91. The van der Waals surface area contributed by atoms with Gasteiger partial charge >= 0.3 is 0 Å². The van der Waals surface area contributed by atoms with Crippen LogP contribution < -0.4 is 10.6 Å². The van der Waals surface area contributed by atoms with Crippen molar-refractivity contribution >= 4 is 16.6 Å². The fourth-order valence-corrected chi connectivity index (χ4v) is 2.54. The molecule has 4 heteroatoms. The topological polar surface area (TPSA) is 55.3 Å². The van der Waals surface area contributed by atoms with Crippen molar-refractivity contribution in [2.24, 2.45) is 5.73 Å². The number of anilines is 1. The third-order valence-corrected chi connectivity index (χ3v) is 3.72. The Hall–Kier alpha value is -2.33. The standard InChI is InChI=1S/C17H19N3O/c1-12-14(7-8-21-12)11-20(2)17-16-6-4-3-5-13(16)9-15(10-18)19-17/h3-9H,10-11,18H2,1-2H3. The van der Waals surface area contributed by atoms with Crippen molar-refractivity contribution in [1.82, 2.24) is 4.98 Å². The average molecular weight is 281 g/mol. The van der Waals surface area contributed by atoms with Crippen LogP contribution in [0, 0.1) is 6.92 Å². The Morgan fingerprint density at radius 3 is 2.76 bits per heavy atom. The molecule has 0 saturated carbocycles. The zero-order valence-electron chi connectivity index (χ0n) is 12.3. The van der Waals surface area contributed by atoms with E-state index in [4.69, 9.17) is 15.1 Å². The largest absolute Gasteiger partial charge is 0.469 e. The van der Waals surface area contributed by atoms with Crippen LogP contribution in [0.2, 0.25) is 0 Å². The molecule has 0 spiro atoms. The van der Waals surface area contributed by atoms with Crippen molar-refractivity contribution in [1.29, 1.82) is 0 Å². The van der Waals surface area contributed by atoms with Crippen molar-refractivity contribution in [3.05, 3.63) is 59.7 Å². The lowest BCUT2D eigenvalue weighted by molar-refractivity contribution is 0.529. The number of fused-ring (bicyclic) bond motifs is 1. The zero-order chi connectivity index (χ0) is 14.8. The molecule has 0 radical (unpaired) electrons. The van der Waals surface area contributed by atoms with E-state index >= 15 is 0 Å². The molecule has 4 nitrogen and oxygen atoms in total. The Kier molecular flexibility index (Phi) is 3.62. The number of aromatic nitrogens is 1. The Labute approximate surface area is 124 Å². The van der Waals surface area contributed by atoms with Gasteiger partial charge in [0.25, 0.3) is 0 Å². The van der Waals surface area contributed by atoms with Gasteiger partial charge in [-0.25, -0.2) is 4.98 Å². The zero-order valence-corrected chi connectivity index (χ0v) is 12.3. The molecule has 0 aliphatic carbocycles. The highest BCUT2D eigenvalue weighted by atomic mass is 16.3. The van der Waals surface area contributed by atoms with Crippen LogP contribution in [0.5, 0.6) is 0 Å². The summed E-state index contributed by atoms with van der Waals surface area (Å²) in [6.45, 7) is 3.18. The summed E-state index contributed by atoms with van der Waals surface area (Å²) in [6, 6.07) is 12.3. The number of benzene rings is 1. The van der Waals surface area contributed by atoms with E-state index in [9.17, 15) is 0 Å². The second-order valence-corrected chi connectivity index (χ2v) is 5.22. The van der Waals surface area contributed by atoms with Gasteiger partial charge in [-0.05, 0) is 24.4 Å². The molecule has 0 aliphatic rings. The van der Waals surface area contributed by atoms with Gasteiger partial charge in [-0.3, -0.25) is 0 Å². The molecule has 0 fully saturated rings. The van der Waals surface area contributed by atoms with Gasteiger partial charge in [-0.2, -0.15) is 0 Å². The summed E-state index contributed by atoms with van der Waals surface area (Å²) in [7, 11) is 2.04. The van der Waals surface area contributed by atoms with Crippen molar-refractivity contribution in [3.63, 3.8) is 0 Å². The van der Waals surface area contributed by atoms with Crippen molar-refractivity contribution in [2.45, 2.75) is 20.0 Å². The normalized spacial score (nSPS) is 11.0. The minimum Gasteiger partial charge on any atom is -0.469 e. The minimum atomic E-state index is 0.441. The maximum Gasteiger partial charge on any atom is 0.136 e. The van der Waals surface area contributed by atoms with Gasteiger partial charge in [0.05, 0.1) is 12.0 Å². The molecule has 21 heavy (non-hydrogen) atoms. The number of rotatable bonds is 4. The van der Waals surface area contributed by atoms with Crippen molar-refractivity contribution < 1.29 is 4.42 Å². The molecule has 0 unspecified atom stereocenters. The molecule has 2 aromatic heterocycles. The summed E-state index contributed by atoms with van der Waals surface area (Å²) in [5.74, 6) is 1.90. The molecule has 0 aliphatic heterocycles. The molecular formula is C17H19N3O. The predicted octanol–water partition coefficient (Wildman–Crippen LogP) is 3.23. The monoisotopic (exact) mass is 281 g/mol. The summed E-state index contributed by atoms with van der Waals surface area (Å²) in [5, 5.41) is 2.30. The number of hydrogen-bond acceptors (Lipinski definition) is 4. The lowest BCUT2D eigenvalue weighted by Crippen LogP contribution is -2.19. The maximum atomic E-state index is 5.77. The quantitative estimate of drug-likeness (QED) is 0.797. The van der Waals surface area contributed by atoms with E-state index in [-0.39, 0.29) is 0 Å². The van der Waals surface area contributed by atoms with Crippen molar-refractivity contribution in [2.75, 3.05) is 11.9 Å². The van der Waals surface area contributed by atoms with Crippen LogP contribution in [0.3, 0.4) is 0 Å². The van der Waals surface area contributed by atoms with Gasteiger partial charge in [0.1, 0.15) is 11.6 Å². The first kappa shape index (κ1) is 13.6. The number of pyridine rings is 1. The molecular weight excluding hydrogens is 262 g/mol. The van der Waals surface area contributed by atoms with Gasteiger partial charge < -0.3 is 15.1 Å². The van der Waals surface area contributed by atoms with E-state index in [1.807, 2.05) is 32.2 Å². The second kappa shape index (κ2) is 5.58. The molecule has 2 heterocycles. The van der Waals surface area contributed by atoms with Gasteiger partial charge in [0.2, 0.25) is 0 Å². The van der Waals surface area contributed by atoms with Crippen LogP contribution in [-0.2, 0) is 13.1 Å². The first-order chi connectivity index (χ1) is 10.2. The SMILES string of the molecule is Cc1occc1CN(C)c1nc(CN)cc2ccccc12. The maximum absolute atomic E-state index is 5.77. The van der Waals surface area contributed by atoms with E-state index in [1.54, 1.807) is 6.26 Å². The lowest BCUT2D eigenvalue weighted by Gasteiger charge is -2.20. The van der Waals surface area contributed by atoms with E-state index in [2.05, 4.69) is 23.1 Å². The molecule has 2 N–H and O–H groups in total. The summed E-state index contributed by atoms with van der Waals surface area (Å²) < 4.78 is 5.37. The van der Waals surface area contributed by atoms with E-state index in [1.165, 1.54) is 10.9 Å². The molecule has 0 saturated heterocycles. The number of hydrogen-bond donors (Lipinski definition) is 1. The molecule has 1 aromatic carbocycles. The molecule has 0 atom stereocenters. The first-order valence-electron chi connectivity index (χ1n) is 7.02. The van der Waals surface area contributed by atoms with Gasteiger partial charge in [-0.15, -0.1) is 0 Å². The van der Waals surface area contributed by atoms with E-state index in [0.29, 0.717) is 6.54 Å². The molecule has 0 amide bonds. The summed E-state index contributed by atoms with van der Waals surface area (Å²) in [6.07, 6.45) is 1.72. The van der Waals surface area contributed by atoms with Crippen LogP contribution in [0.15, 0.2) is 47.1 Å². The number of aryl methyl sites for hydroxylation is 1. The van der Waals surface area contributed by atoms with Gasteiger partial charge in [0.15, 0.2) is 0 Å². The fourth-order valence-electron chi connectivity index (χ4n) is 2.54. The molecule has 0 bridgehead atoms. The highest BCUT2D eigenvalue weighted by molar-refractivity contribution is 5.92. The second-order valence-electron chi connectivity index (χ2n) is 5.22. The van der Waals surface area contributed by atoms with Gasteiger partial charge in [-0.1, -0.05) is 24.3 Å². The van der Waals surface area contributed by atoms with Crippen molar-refractivity contribution in [3.8, 4) is 0 Å². The van der Waals surface area contributed by atoms with Crippen LogP contribution in [-0.4, -0.2) is 12.0 Å². The lowest BCUT2D eigenvalue weighted by atomic mass is 10.1. The van der Waals surface area contributed by atoms with Crippen LogP contribution in [0.1, 0.15) is 17.0 Å². The fraction of sp³-hybridized carbons (Fsp3) is 0.235. The first-order valence-corrected chi connectivity index (χ1v) is 7.02. The Balaban J connectivity index is 2.04. The third-order valence-electron chi connectivity index (χ3n) is 3.72. The Bertz CT molecular complexity index is 764. The number of nitrogens with zero attached hydrogens (tertiary/aromatic N) is 2. The molecule has 3 aromatic rings. The number of nitrogens with two attached hydrogens (primary N) is 1. The Morgan fingerprint density at radius 2 is 2.05 bits per heavy atom. The Morgan fingerprint density at radius 1 is 1.24 bits per heavy atom. The summed E-state index contributed by atoms with van der Waals surface area (Å²) in [4.78, 5) is 6.84. The summed E-state index contributed by atoms with van der Waals surface area (Å²) >= 11 is 0. The number of furan rings is 1. The van der Waals surface area contributed by atoms with Gasteiger partial charge in [0, 0.05) is 31.1 Å². The van der Waals surface area contributed by atoms with Crippen LogP contribution >= 0.6 is 0 Å². The van der Waals surface area contributed by atoms with E-state index < -0.39 is 0 Å². The molecule has 108 valence electrons. The predicted molar refractivity (Wildman–Crippen MR) is 85.2 cm³/mol. The smallest absolute Gasteiger partial charge is 0.136 e. The summed E-state index contributed by atoms with van der Waals surface area (Å²) in [5.41, 5.74) is 7.84. The van der Waals surface area contributed by atoms with E-state index in [0.717, 1.165) is 29.2 Å². The van der Waals surface area contributed by atoms with Crippen LogP contribution in [0.25, 0.3) is 10.8 Å². The minimum absolute atomic E-state index is 0.441. The van der Waals surface area contributed by atoms with Crippen LogP contribution in [0.4, 0.5) is 5.82 Å².